The molecule has 2 N–H and O–H groups in total. The molecule has 0 fully saturated rings. The van der Waals surface area contributed by atoms with Crippen LogP contribution in [0.15, 0.2) is 95.2 Å². The fraction of sp³-hybridized carbons (Fsp3) is 0. The molecule has 0 atom stereocenters. The van der Waals surface area contributed by atoms with Crippen molar-refractivity contribution < 1.29 is 28.2 Å². The van der Waals surface area contributed by atoms with Gasteiger partial charge in [0.25, 0.3) is 0 Å². The Balaban J connectivity index is 1.80. The predicted octanol–water partition coefficient (Wildman–Crippen LogP) is 4.60. The van der Waals surface area contributed by atoms with Crippen LogP contribution in [-0.2, 0) is 0 Å². The van der Waals surface area contributed by atoms with Crippen molar-refractivity contribution in [2.24, 2.45) is 0 Å². The first-order chi connectivity index (χ1) is 17.8. The smallest absolute Gasteiger partial charge is 0.456 e. The van der Waals surface area contributed by atoms with E-state index in [1.54, 1.807) is 6.07 Å². The molecule has 4 heteroatoms. The summed E-state index contributed by atoms with van der Waals surface area (Å²) in [5, 5.41) is 21.1. The molecule has 0 bridgehead atoms. The van der Waals surface area contributed by atoms with Crippen molar-refractivity contribution >= 4 is 34.5 Å². The summed E-state index contributed by atoms with van der Waals surface area (Å²) >= 11 is 0. The van der Waals surface area contributed by atoms with Gasteiger partial charge in [-0.25, -0.2) is 0 Å². The predicted molar refractivity (Wildman–Crippen MR) is 114 cm³/mol. The maximum absolute atomic E-state index is 10.2. The van der Waals surface area contributed by atoms with Gasteiger partial charge in [0.2, 0.25) is 0 Å². The normalized spacial score (nSPS) is 16.2. The third-order valence-corrected chi connectivity index (χ3v) is 4.46. The highest BCUT2D eigenvalue weighted by Gasteiger charge is 2.21. The van der Waals surface area contributed by atoms with Gasteiger partial charge in [0, 0.05) is 10.8 Å². The minimum Gasteiger partial charge on any atom is -0.456 e. The van der Waals surface area contributed by atoms with E-state index in [-0.39, 0.29) is 51.0 Å². The lowest BCUT2D eigenvalue weighted by molar-refractivity contribution is 0.426. The molecular formula is C24H17BO3. The standard InChI is InChI=1S/C24H17BO3/c26-25(27)21-13-19(17-9-5-2-6-10-17)15-23-24(21)20-12-11-18(14-22(20)28-23)16-7-3-1-4-8-16/h1-15,26-27H/i1D,2D,3D,4D,5D,6D,7D,8D,9D,10D. The van der Waals surface area contributed by atoms with Gasteiger partial charge in [-0.2, -0.15) is 0 Å². The topological polar surface area (TPSA) is 53.6 Å². The Morgan fingerprint density at radius 1 is 0.679 bits per heavy atom. The summed E-state index contributed by atoms with van der Waals surface area (Å²) in [6.07, 6.45) is 0. The molecule has 1 aromatic heterocycles. The lowest BCUT2D eigenvalue weighted by atomic mass is 9.76. The summed E-state index contributed by atoms with van der Waals surface area (Å²) < 4.78 is 86.4. The van der Waals surface area contributed by atoms with E-state index in [1.165, 1.54) is 24.3 Å². The molecule has 0 aliphatic carbocycles. The van der Waals surface area contributed by atoms with Gasteiger partial charge < -0.3 is 14.5 Å². The number of rotatable bonds is 3. The van der Waals surface area contributed by atoms with Gasteiger partial charge in [-0.3, -0.25) is 0 Å². The summed E-state index contributed by atoms with van der Waals surface area (Å²) in [6, 6.07) is 2.48. The highest BCUT2D eigenvalue weighted by Crippen LogP contribution is 2.33. The third kappa shape index (κ3) is 2.80. The Morgan fingerprint density at radius 2 is 1.29 bits per heavy atom. The maximum atomic E-state index is 10.2. The molecule has 0 radical (unpaired) electrons. The molecule has 0 amide bonds. The van der Waals surface area contributed by atoms with Crippen LogP contribution in [0.4, 0.5) is 0 Å². The fourth-order valence-corrected chi connectivity index (χ4v) is 3.23. The molecule has 5 aromatic rings. The van der Waals surface area contributed by atoms with Gasteiger partial charge in [-0.05, 0) is 45.9 Å². The van der Waals surface area contributed by atoms with Crippen LogP contribution in [0.1, 0.15) is 13.7 Å². The van der Waals surface area contributed by atoms with Crippen molar-refractivity contribution in [1.82, 2.24) is 0 Å². The second-order valence-corrected chi connectivity index (χ2v) is 6.13. The van der Waals surface area contributed by atoms with E-state index < -0.39 is 55.5 Å². The Morgan fingerprint density at radius 3 is 1.93 bits per heavy atom. The number of fused-ring (bicyclic) bond motifs is 3. The van der Waals surface area contributed by atoms with Crippen LogP contribution in [-0.4, -0.2) is 17.2 Å². The van der Waals surface area contributed by atoms with E-state index in [9.17, 15) is 10.0 Å². The summed E-state index contributed by atoms with van der Waals surface area (Å²) in [6.45, 7) is 0. The number of hydrogen-bond donors (Lipinski definition) is 2. The highest BCUT2D eigenvalue weighted by atomic mass is 16.4. The van der Waals surface area contributed by atoms with E-state index in [0.717, 1.165) is 0 Å². The van der Waals surface area contributed by atoms with Crippen LogP contribution >= 0.6 is 0 Å². The van der Waals surface area contributed by atoms with Gasteiger partial charge in [0.05, 0.1) is 13.7 Å². The van der Waals surface area contributed by atoms with E-state index in [0.29, 0.717) is 10.8 Å². The van der Waals surface area contributed by atoms with Crippen molar-refractivity contribution in [3.8, 4) is 22.3 Å². The molecule has 4 aromatic carbocycles. The van der Waals surface area contributed by atoms with E-state index >= 15 is 0 Å². The zero-order valence-corrected chi connectivity index (χ0v) is 14.3. The zero-order valence-electron chi connectivity index (χ0n) is 24.3. The molecule has 0 spiro atoms. The van der Waals surface area contributed by atoms with Crippen LogP contribution in [0.3, 0.4) is 0 Å². The van der Waals surface area contributed by atoms with Crippen molar-refractivity contribution in [3.05, 3.63) is 90.8 Å². The van der Waals surface area contributed by atoms with Crippen molar-refractivity contribution in [3.63, 3.8) is 0 Å². The van der Waals surface area contributed by atoms with Crippen molar-refractivity contribution in [2.45, 2.75) is 0 Å². The van der Waals surface area contributed by atoms with Crippen LogP contribution in [0.25, 0.3) is 44.2 Å². The SMILES string of the molecule is [2H]c1c([2H])c([2H])c(-c2ccc3c(c2)oc2cc(-c4c([2H])c([2H])c([2H])c([2H])c4[2H])cc(B(O)O)c23)c([2H])c1[2H]. The first-order valence-electron chi connectivity index (χ1n) is 13.4. The summed E-state index contributed by atoms with van der Waals surface area (Å²) in [5.74, 6) is 0. The first-order valence-corrected chi connectivity index (χ1v) is 8.36. The van der Waals surface area contributed by atoms with E-state index in [2.05, 4.69) is 0 Å². The minimum atomic E-state index is -2.00. The third-order valence-electron chi connectivity index (χ3n) is 4.46. The molecule has 5 rings (SSSR count). The Kier molecular flexibility index (Phi) is 2.20. The first kappa shape index (κ1) is 9.24. The van der Waals surface area contributed by atoms with E-state index in [4.69, 9.17) is 18.1 Å². The quantitative estimate of drug-likeness (QED) is 0.454. The molecule has 134 valence electrons. The molecule has 0 aliphatic heterocycles. The van der Waals surface area contributed by atoms with Gasteiger partial charge in [0.15, 0.2) is 0 Å². The van der Waals surface area contributed by atoms with Crippen LogP contribution in [0, 0.1) is 0 Å². The molecule has 0 aliphatic rings. The molecular weight excluding hydrogens is 347 g/mol. The average Bonchev–Trinajstić information content (AvgIpc) is 3.25. The second-order valence-electron chi connectivity index (χ2n) is 6.13. The van der Waals surface area contributed by atoms with Gasteiger partial charge >= 0.3 is 7.12 Å². The van der Waals surface area contributed by atoms with Gasteiger partial charge in [-0.15, -0.1) is 0 Å². The molecule has 28 heavy (non-hydrogen) atoms. The lowest BCUT2D eigenvalue weighted by Crippen LogP contribution is -2.30. The van der Waals surface area contributed by atoms with Gasteiger partial charge in [-0.1, -0.05) is 72.6 Å². The van der Waals surface area contributed by atoms with Gasteiger partial charge in [0.1, 0.15) is 11.2 Å². The minimum absolute atomic E-state index is 0.0272. The molecule has 0 saturated carbocycles. The van der Waals surface area contributed by atoms with Crippen molar-refractivity contribution in [1.29, 1.82) is 0 Å². The zero-order chi connectivity index (χ0) is 27.8. The summed E-state index contributed by atoms with van der Waals surface area (Å²) in [5.41, 5.74) is 0.544. The van der Waals surface area contributed by atoms with Crippen LogP contribution < -0.4 is 5.46 Å². The van der Waals surface area contributed by atoms with E-state index in [1.807, 2.05) is 0 Å². The average molecular weight is 374 g/mol. The molecule has 0 unspecified atom stereocenters. The highest BCUT2D eigenvalue weighted by molar-refractivity contribution is 6.63. The fourth-order valence-electron chi connectivity index (χ4n) is 3.23. The lowest BCUT2D eigenvalue weighted by Gasteiger charge is -2.07. The monoisotopic (exact) mass is 374 g/mol. The maximum Gasteiger partial charge on any atom is 0.489 e. The summed E-state index contributed by atoms with van der Waals surface area (Å²) in [4.78, 5) is 0. The Labute approximate surface area is 176 Å². The Hall–Kier alpha value is -3.34. The van der Waals surface area contributed by atoms with Crippen LogP contribution in [0.2, 0.25) is 0 Å². The summed E-state index contributed by atoms with van der Waals surface area (Å²) in [7, 11) is -2.00. The Bertz CT molecular complexity index is 1760. The molecule has 3 nitrogen and oxygen atoms in total. The second kappa shape index (κ2) is 6.68. The van der Waals surface area contributed by atoms with Crippen molar-refractivity contribution in [2.75, 3.05) is 0 Å². The van der Waals surface area contributed by atoms with Crippen LogP contribution in [0.5, 0.6) is 0 Å². The molecule has 1 heterocycles. The number of furan rings is 1. The number of benzene rings is 4. The largest absolute Gasteiger partial charge is 0.489 e. The molecule has 0 saturated heterocycles. The number of hydrogen-bond acceptors (Lipinski definition) is 3.